The molecule has 0 aliphatic rings. The van der Waals surface area contributed by atoms with E-state index in [0.29, 0.717) is 5.56 Å². The smallest absolute Gasteiger partial charge is 0.335 e. The summed E-state index contributed by atoms with van der Waals surface area (Å²) in [5, 5.41) is 9.13. The minimum absolute atomic E-state index is 0.292. The van der Waals surface area contributed by atoms with Crippen LogP contribution in [0.3, 0.4) is 0 Å². The highest BCUT2D eigenvalue weighted by molar-refractivity contribution is 5.89. The van der Waals surface area contributed by atoms with Crippen LogP contribution in [0, 0.1) is 6.92 Å². The number of unbranched alkanes of at least 4 members (excludes halogenated alkanes) is 1. The highest BCUT2D eigenvalue weighted by Gasteiger charge is 2.12. The molecule has 3 aromatic rings. The number of aromatic carboxylic acids is 1. The van der Waals surface area contributed by atoms with E-state index in [1.54, 1.807) is 12.1 Å². The molecule has 1 heterocycles. The number of carbonyl (C=O) groups is 1. The Morgan fingerprint density at radius 2 is 1.65 bits per heavy atom. The molecule has 0 atom stereocenters. The van der Waals surface area contributed by atoms with Gasteiger partial charge in [-0.05, 0) is 49.1 Å². The van der Waals surface area contributed by atoms with Gasteiger partial charge in [0.25, 0.3) is 0 Å². The molecular weight excluding hydrogens is 322 g/mol. The molecule has 0 aliphatic carbocycles. The van der Waals surface area contributed by atoms with E-state index in [9.17, 15) is 4.79 Å². The average molecular weight is 345 g/mol. The lowest BCUT2D eigenvalue weighted by Gasteiger charge is -2.12. The van der Waals surface area contributed by atoms with Gasteiger partial charge in [0.05, 0.1) is 11.3 Å². The molecule has 2 aromatic carbocycles. The third-order valence-electron chi connectivity index (χ3n) is 4.53. The molecule has 3 rings (SSSR count). The minimum atomic E-state index is -0.912. The summed E-state index contributed by atoms with van der Waals surface area (Å²) in [6, 6.07) is 17.5. The predicted octanol–water partition coefficient (Wildman–Crippen LogP) is 5.76. The number of benzene rings is 2. The summed E-state index contributed by atoms with van der Waals surface area (Å²) in [6.07, 6.45) is 5.23. The highest BCUT2D eigenvalue weighted by atomic mass is 16.4. The molecule has 0 saturated carbocycles. The Kier molecular flexibility index (Phi) is 5.47. The number of nitrogens with zero attached hydrogens (tertiary/aromatic N) is 1. The molecule has 0 saturated heterocycles. The zero-order valence-corrected chi connectivity index (χ0v) is 15.2. The van der Waals surface area contributed by atoms with E-state index in [0.717, 1.165) is 41.6 Å². The van der Waals surface area contributed by atoms with Crippen molar-refractivity contribution in [2.45, 2.75) is 33.1 Å². The molecule has 0 unspecified atom stereocenters. The van der Waals surface area contributed by atoms with Crippen molar-refractivity contribution in [2.75, 3.05) is 0 Å². The quantitative estimate of drug-likeness (QED) is 0.617. The summed E-state index contributed by atoms with van der Waals surface area (Å²) in [5.41, 5.74) is 6.72. The van der Waals surface area contributed by atoms with Gasteiger partial charge in [-0.2, -0.15) is 0 Å². The molecule has 0 amide bonds. The van der Waals surface area contributed by atoms with Crippen LogP contribution in [0.4, 0.5) is 0 Å². The molecule has 0 aliphatic heterocycles. The zero-order valence-electron chi connectivity index (χ0n) is 15.2. The normalized spacial score (nSPS) is 10.7. The predicted molar refractivity (Wildman–Crippen MR) is 105 cm³/mol. The van der Waals surface area contributed by atoms with E-state index in [1.807, 2.05) is 18.3 Å². The zero-order chi connectivity index (χ0) is 18.5. The van der Waals surface area contributed by atoms with Gasteiger partial charge in [-0.25, -0.2) is 4.79 Å². The number of aromatic nitrogens is 1. The first-order chi connectivity index (χ1) is 12.6. The Bertz CT molecular complexity index is 896. The van der Waals surface area contributed by atoms with Crippen molar-refractivity contribution in [1.82, 2.24) is 4.98 Å². The Balaban J connectivity index is 2.08. The minimum Gasteiger partial charge on any atom is -0.478 e. The molecule has 0 spiro atoms. The second-order valence-electron chi connectivity index (χ2n) is 6.59. The van der Waals surface area contributed by atoms with Gasteiger partial charge in [0.1, 0.15) is 0 Å². The molecular formula is C23H23NO2. The summed E-state index contributed by atoms with van der Waals surface area (Å²) in [4.78, 5) is 15.9. The molecule has 132 valence electrons. The number of aryl methyl sites for hydroxylation is 2. The maximum atomic E-state index is 11.1. The number of hydrogen-bond acceptors (Lipinski definition) is 2. The number of carboxylic acid groups (broad SMARTS) is 1. The largest absolute Gasteiger partial charge is 0.478 e. The summed E-state index contributed by atoms with van der Waals surface area (Å²) < 4.78 is 0. The fourth-order valence-electron chi connectivity index (χ4n) is 2.98. The maximum absolute atomic E-state index is 11.1. The Morgan fingerprint density at radius 1 is 1.00 bits per heavy atom. The Labute approximate surface area is 154 Å². The fourth-order valence-corrected chi connectivity index (χ4v) is 2.98. The standard InChI is InChI=1S/C23H23NO2/c1-3-4-5-17-14-21(18-10-12-20(13-11-18)23(25)26)22(24-15-17)19-8-6-16(2)7-9-19/h6-15H,3-5H2,1-2H3,(H,25,26). The second-order valence-corrected chi connectivity index (χ2v) is 6.59. The van der Waals surface area contributed by atoms with Gasteiger partial charge < -0.3 is 5.11 Å². The van der Waals surface area contributed by atoms with Gasteiger partial charge in [0.2, 0.25) is 0 Å². The van der Waals surface area contributed by atoms with Gasteiger partial charge in [0, 0.05) is 17.3 Å². The summed E-state index contributed by atoms with van der Waals surface area (Å²) in [7, 11) is 0. The lowest BCUT2D eigenvalue weighted by molar-refractivity contribution is 0.0697. The fraction of sp³-hybridized carbons (Fsp3) is 0.217. The van der Waals surface area contributed by atoms with Crippen LogP contribution in [0.2, 0.25) is 0 Å². The molecule has 0 bridgehead atoms. The number of carboxylic acids is 1. The lowest BCUT2D eigenvalue weighted by Crippen LogP contribution is -1.97. The number of hydrogen-bond donors (Lipinski definition) is 1. The summed E-state index contributed by atoms with van der Waals surface area (Å²) in [5.74, 6) is -0.912. The van der Waals surface area contributed by atoms with E-state index >= 15 is 0 Å². The van der Waals surface area contributed by atoms with Crippen LogP contribution in [-0.4, -0.2) is 16.1 Å². The van der Waals surface area contributed by atoms with Gasteiger partial charge >= 0.3 is 5.97 Å². The third-order valence-corrected chi connectivity index (χ3v) is 4.53. The first-order valence-corrected chi connectivity index (χ1v) is 8.98. The molecule has 3 nitrogen and oxygen atoms in total. The Hall–Kier alpha value is -2.94. The maximum Gasteiger partial charge on any atom is 0.335 e. The van der Waals surface area contributed by atoms with Crippen molar-refractivity contribution in [3.8, 4) is 22.4 Å². The first-order valence-electron chi connectivity index (χ1n) is 8.98. The average Bonchev–Trinajstić information content (AvgIpc) is 2.67. The summed E-state index contributed by atoms with van der Waals surface area (Å²) in [6.45, 7) is 4.25. The van der Waals surface area contributed by atoms with Gasteiger partial charge in [-0.1, -0.05) is 55.3 Å². The van der Waals surface area contributed by atoms with E-state index < -0.39 is 5.97 Å². The lowest BCUT2D eigenvalue weighted by atomic mass is 9.95. The summed E-state index contributed by atoms with van der Waals surface area (Å²) >= 11 is 0. The SMILES string of the molecule is CCCCc1cnc(-c2ccc(C)cc2)c(-c2ccc(C(=O)O)cc2)c1. The van der Waals surface area contributed by atoms with Crippen molar-refractivity contribution >= 4 is 5.97 Å². The molecule has 0 fully saturated rings. The van der Waals surface area contributed by atoms with Crippen LogP contribution in [0.1, 0.15) is 41.3 Å². The molecule has 0 radical (unpaired) electrons. The van der Waals surface area contributed by atoms with E-state index in [2.05, 4.69) is 44.2 Å². The van der Waals surface area contributed by atoms with E-state index in [-0.39, 0.29) is 0 Å². The van der Waals surface area contributed by atoms with Crippen molar-refractivity contribution in [3.05, 3.63) is 77.5 Å². The highest BCUT2D eigenvalue weighted by Crippen LogP contribution is 2.32. The molecule has 3 heteroatoms. The van der Waals surface area contributed by atoms with Crippen LogP contribution in [0.25, 0.3) is 22.4 Å². The van der Waals surface area contributed by atoms with Gasteiger partial charge in [-0.15, -0.1) is 0 Å². The van der Waals surface area contributed by atoms with Crippen molar-refractivity contribution in [3.63, 3.8) is 0 Å². The number of rotatable bonds is 6. The van der Waals surface area contributed by atoms with Crippen LogP contribution < -0.4 is 0 Å². The van der Waals surface area contributed by atoms with Crippen LogP contribution in [0.5, 0.6) is 0 Å². The van der Waals surface area contributed by atoms with E-state index in [1.165, 1.54) is 11.1 Å². The molecule has 1 aromatic heterocycles. The number of pyridine rings is 1. The van der Waals surface area contributed by atoms with Crippen LogP contribution >= 0.6 is 0 Å². The molecule has 1 N–H and O–H groups in total. The van der Waals surface area contributed by atoms with E-state index in [4.69, 9.17) is 10.1 Å². The van der Waals surface area contributed by atoms with Crippen molar-refractivity contribution < 1.29 is 9.90 Å². The Morgan fingerprint density at radius 3 is 2.27 bits per heavy atom. The first kappa shape index (κ1) is 17.9. The monoisotopic (exact) mass is 345 g/mol. The van der Waals surface area contributed by atoms with Crippen molar-refractivity contribution in [2.24, 2.45) is 0 Å². The second kappa shape index (κ2) is 7.96. The van der Waals surface area contributed by atoms with Gasteiger partial charge in [0.15, 0.2) is 0 Å². The third kappa shape index (κ3) is 3.99. The van der Waals surface area contributed by atoms with Crippen molar-refractivity contribution in [1.29, 1.82) is 0 Å². The van der Waals surface area contributed by atoms with Gasteiger partial charge in [-0.3, -0.25) is 4.98 Å². The van der Waals surface area contributed by atoms with Crippen LogP contribution in [-0.2, 0) is 6.42 Å². The topological polar surface area (TPSA) is 50.2 Å². The van der Waals surface area contributed by atoms with Crippen LogP contribution in [0.15, 0.2) is 60.8 Å². The molecule has 26 heavy (non-hydrogen) atoms.